The standard InChI is InChI=1S/C10H13Cl2NO/c11-8-4-3-7(6-9(8)12)10(13)2-1-5-14/h3-4,6,10,14H,1-2,5,13H2/t10-/m1/s1. The highest BCUT2D eigenvalue weighted by Crippen LogP contribution is 2.26. The molecule has 4 heteroatoms. The van der Waals surface area contributed by atoms with Crippen molar-refractivity contribution < 1.29 is 5.11 Å². The third-order valence-electron chi connectivity index (χ3n) is 2.05. The lowest BCUT2D eigenvalue weighted by Gasteiger charge is -2.11. The largest absolute Gasteiger partial charge is 0.396 e. The van der Waals surface area contributed by atoms with Crippen molar-refractivity contribution in [1.29, 1.82) is 0 Å². The molecule has 2 nitrogen and oxygen atoms in total. The van der Waals surface area contributed by atoms with E-state index in [2.05, 4.69) is 0 Å². The SMILES string of the molecule is N[C@H](CCCO)c1ccc(Cl)c(Cl)c1. The van der Waals surface area contributed by atoms with E-state index in [1.54, 1.807) is 12.1 Å². The van der Waals surface area contributed by atoms with Gasteiger partial charge in [0.05, 0.1) is 10.0 Å². The Morgan fingerprint density at radius 1 is 1.29 bits per heavy atom. The van der Waals surface area contributed by atoms with Crippen molar-refractivity contribution in [3.63, 3.8) is 0 Å². The van der Waals surface area contributed by atoms with Gasteiger partial charge in [-0.2, -0.15) is 0 Å². The van der Waals surface area contributed by atoms with Crippen LogP contribution in [0.25, 0.3) is 0 Å². The second kappa shape index (κ2) is 5.56. The van der Waals surface area contributed by atoms with Crippen LogP contribution in [0, 0.1) is 0 Å². The predicted octanol–water partition coefficient (Wildman–Crippen LogP) is 2.77. The van der Waals surface area contributed by atoms with Crippen LogP contribution in [0.1, 0.15) is 24.4 Å². The first kappa shape index (κ1) is 11.8. The molecule has 0 aliphatic carbocycles. The summed E-state index contributed by atoms with van der Waals surface area (Å²) in [6.45, 7) is 0.162. The Hall–Kier alpha value is -0.280. The van der Waals surface area contributed by atoms with E-state index >= 15 is 0 Å². The van der Waals surface area contributed by atoms with E-state index in [1.165, 1.54) is 0 Å². The molecule has 1 atom stereocenters. The summed E-state index contributed by atoms with van der Waals surface area (Å²) in [4.78, 5) is 0. The van der Waals surface area contributed by atoms with Gasteiger partial charge in [-0.25, -0.2) is 0 Å². The lowest BCUT2D eigenvalue weighted by molar-refractivity contribution is 0.280. The molecule has 0 amide bonds. The zero-order valence-electron chi connectivity index (χ0n) is 7.71. The van der Waals surface area contributed by atoms with Gasteiger partial charge in [0.15, 0.2) is 0 Å². The Bertz CT molecular complexity index is 304. The molecule has 0 radical (unpaired) electrons. The van der Waals surface area contributed by atoms with Crippen molar-refractivity contribution >= 4 is 23.2 Å². The molecule has 3 N–H and O–H groups in total. The summed E-state index contributed by atoms with van der Waals surface area (Å²) < 4.78 is 0. The van der Waals surface area contributed by atoms with Crippen molar-refractivity contribution in [1.82, 2.24) is 0 Å². The van der Waals surface area contributed by atoms with Gasteiger partial charge in [0.2, 0.25) is 0 Å². The molecule has 0 aromatic heterocycles. The number of benzene rings is 1. The maximum absolute atomic E-state index is 8.66. The minimum Gasteiger partial charge on any atom is -0.396 e. The van der Waals surface area contributed by atoms with Crippen molar-refractivity contribution in [2.75, 3.05) is 6.61 Å². The highest BCUT2D eigenvalue weighted by Gasteiger charge is 2.07. The Morgan fingerprint density at radius 2 is 2.00 bits per heavy atom. The normalized spacial score (nSPS) is 12.9. The molecule has 0 saturated carbocycles. The van der Waals surface area contributed by atoms with Crippen LogP contribution < -0.4 is 5.73 Å². The third kappa shape index (κ3) is 3.14. The van der Waals surface area contributed by atoms with Gasteiger partial charge in [-0.1, -0.05) is 29.3 Å². The number of aliphatic hydroxyl groups is 1. The summed E-state index contributed by atoms with van der Waals surface area (Å²) >= 11 is 11.6. The summed E-state index contributed by atoms with van der Waals surface area (Å²) in [5, 5.41) is 9.71. The Morgan fingerprint density at radius 3 is 2.57 bits per heavy atom. The second-order valence-corrected chi connectivity index (χ2v) is 3.96. The smallest absolute Gasteiger partial charge is 0.0595 e. The molecule has 0 saturated heterocycles. The molecule has 0 spiro atoms. The van der Waals surface area contributed by atoms with E-state index in [0.717, 1.165) is 12.0 Å². The fraction of sp³-hybridized carbons (Fsp3) is 0.400. The van der Waals surface area contributed by atoms with Gasteiger partial charge in [-0.05, 0) is 30.5 Å². The Kier molecular flexibility index (Phi) is 4.69. The van der Waals surface area contributed by atoms with E-state index in [-0.39, 0.29) is 12.6 Å². The van der Waals surface area contributed by atoms with Gasteiger partial charge in [0.25, 0.3) is 0 Å². The zero-order valence-corrected chi connectivity index (χ0v) is 9.22. The lowest BCUT2D eigenvalue weighted by Crippen LogP contribution is -2.10. The van der Waals surface area contributed by atoms with E-state index < -0.39 is 0 Å². The minimum atomic E-state index is -0.0862. The van der Waals surface area contributed by atoms with Crippen LogP contribution in [0.2, 0.25) is 10.0 Å². The zero-order chi connectivity index (χ0) is 10.6. The van der Waals surface area contributed by atoms with Crippen LogP contribution in [-0.4, -0.2) is 11.7 Å². The fourth-order valence-electron chi connectivity index (χ4n) is 1.22. The quantitative estimate of drug-likeness (QED) is 0.841. The Balaban J connectivity index is 2.70. The highest BCUT2D eigenvalue weighted by molar-refractivity contribution is 6.42. The molecule has 0 fully saturated rings. The van der Waals surface area contributed by atoms with Crippen LogP contribution in [-0.2, 0) is 0 Å². The summed E-state index contributed by atoms with van der Waals surface area (Å²) in [6, 6.07) is 5.28. The average molecular weight is 234 g/mol. The molecule has 0 unspecified atom stereocenters. The van der Waals surface area contributed by atoms with Crippen molar-refractivity contribution in [3.8, 4) is 0 Å². The molecule has 1 rings (SSSR count). The van der Waals surface area contributed by atoms with E-state index in [9.17, 15) is 0 Å². The minimum absolute atomic E-state index is 0.0862. The maximum atomic E-state index is 8.66. The van der Waals surface area contributed by atoms with Gasteiger partial charge in [0, 0.05) is 12.6 Å². The van der Waals surface area contributed by atoms with Crippen LogP contribution >= 0.6 is 23.2 Å². The lowest BCUT2D eigenvalue weighted by atomic mass is 10.0. The van der Waals surface area contributed by atoms with Gasteiger partial charge in [-0.3, -0.25) is 0 Å². The average Bonchev–Trinajstić information content (AvgIpc) is 2.18. The molecule has 14 heavy (non-hydrogen) atoms. The summed E-state index contributed by atoms with van der Waals surface area (Å²) in [6.07, 6.45) is 1.44. The highest BCUT2D eigenvalue weighted by atomic mass is 35.5. The number of hydrogen-bond donors (Lipinski definition) is 2. The van der Waals surface area contributed by atoms with Crippen molar-refractivity contribution in [2.24, 2.45) is 5.73 Å². The number of rotatable bonds is 4. The first-order valence-electron chi connectivity index (χ1n) is 4.46. The molecule has 1 aromatic rings. The van der Waals surface area contributed by atoms with Gasteiger partial charge >= 0.3 is 0 Å². The molecule has 0 heterocycles. The predicted molar refractivity (Wildman–Crippen MR) is 59.7 cm³/mol. The second-order valence-electron chi connectivity index (χ2n) is 3.15. The van der Waals surface area contributed by atoms with Gasteiger partial charge < -0.3 is 10.8 Å². The molecule has 1 aromatic carbocycles. The fourth-order valence-corrected chi connectivity index (χ4v) is 1.53. The van der Waals surface area contributed by atoms with Crippen LogP contribution in [0.15, 0.2) is 18.2 Å². The number of aliphatic hydroxyl groups excluding tert-OH is 1. The molecular formula is C10H13Cl2NO. The monoisotopic (exact) mass is 233 g/mol. The summed E-state index contributed by atoms with van der Waals surface area (Å²) in [7, 11) is 0. The van der Waals surface area contributed by atoms with E-state index in [4.69, 9.17) is 34.0 Å². The number of nitrogens with two attached hydrogens (primary N) is 1. The molecule has 0 aliphatic heterocycles. The van der Waals surface area contributed by atoms with Gasteiger partial charge in [-0.15, -0.1) is 0 Å². The molecule has 0 bridgehead atoms. The van der Waals surface area contributed by atoms with Crippen molar-refractivity contribution in [3.05, 3.63) is 33.8 Å². The van der Waals surface area contributed by atoms with E-state index in [0.29, 0.717) is 16.5 Å². The van der Waals surface area contributed by atoms with Gasteiger partial charge in [0.1, 0.15) is 0 Å². The van der Waals surface area contributed by atoms with E-state index in [1.807, 2.05) is 6.07 Å². The molecular weight excluding hydrogens is 221 g/mol. The van der Waals surface area contributed by atoms with Crippen LogP contribution in [0.4, 0.5) is 0 Å². The number of halogens is 2. The number of hydrogen-bond acceptors (Lipinski definition) is 2. The summed E-state index contributed by atoms with van der Waals surface area (Å²) in [5.41, 5.74) is 6.84. The van der Waals surface area contributed by atoms with Crippen molar-refractivity contribution in [2.45, 2.75) is 18.9 Å². The van der Waals surface area contributed by atoms with Crippen LogP contribution in [0.3, 0.4) is 0 Å². The molecule has 0 aliphatic rings. The molecule has 78 valence electrons. The Labute approximate surface area is 93.6 Å². The topological polar surface area (TPSA) is 46.2 Å². The maximum Gasteiger partial charge on any atom is 0.0595 e. The summed E-state index contributed by atoms with van der Waals surface area (Å²) in [5.74, 6) is 0. The van der Waals surface area contributed by atoms with Crippen LogP contribution in [0.5, 0.6) is 0 Å². The first-order chi connectivity index (χ1) is 6.65. The third-order valence-corrected chi connectivity index (χ3v) is 2.78. The first-order valence-corrected chi connectivity index (χ1v) is 5.22.